The Morgan fingerprint density at radius 3 is 2.32 bits per heavy atom. The van der Waals surface area contributed by atoms with E-state index in [-0.39, 0.29) is 5.56 Å². The van der Waals surface area contributed by atoms with Gasteiger partial charge in [-0.2, -0.15) is 5.26 Å². The topological polar surface area (TPSA) is 79.2 Å². The number of anilines is 1. The van der Waals surface area contributed by atoms with Gasteiger partial charge in [-0.3, -0.25) is 4.79 Å². The van der Waals surface area contributed by atoms with E-state index in [0.29, 0.717) is 11.6 Å². The Morgan fingerprint density at radius 2 is 1.72 bits per heavy atom. The van der Waals surface area contributed by atoms with E-state index in [1.807, 2.05) is 11.4 Å². The lowest BCUT2D eigenvalue weighted by Crippen LogP contribution is -2.30. The molecule has 2 aromatic rings. The minimum Gasteiger partial charge on any atom is -0.449 e. The van der Waals surface area contributed by atoms with Crippen molar-refractivity contribution in [1.29, 1.82) is 5.26 Å². The third-order valence-corrected chi connectivity index (χ3v) is 3.20. The number of ether oxygens (including phenoxy) is 1. The third-order valence-electron chi connectivity index (χ3n) is 3.20. The Bertz CT molecular complexity index is 861. The van der Waals surface area contributed by atoms with Crippen molar-refractivity contribution < 1.29 is 27.5 Å². The highest BCUT2D eigenvalue weighted by Gasteiger charge is 2.22. The van der Waals surface area contributed by atoms with Gasteiger partial charge >= 0.3 is 5.97 Å². The van der Waals surface area contributed by atoms with Gasteiger partial charge in [-0.1, -0.05) is 0 Å². The first kappa shape index (κ1) is 18.0. The molecule has 0 bridgehead atoms. The summed E-state index contributed by atoms with van der Waals surface area (Å²) in [5, 5.41) is 10.7. The average molecular weight is 348 g/mol. The fourth-order valence-corrected chi connectivity index (χ4v) is 1.82. The first-order valence-corrected chi connectivity index (χ1v) is 6.99. The zero-order valence-corrected chi connectivity index (χ0v) is 12.8. The fraction of sp³-hybridized carbons (Fsp3) is 0.118. The van der Waals surface area contributed by atoms with Crippen molar-refractivity contribution in [1.82, 2.24) is 0 Å². The normalized spacial score (nSPS) is 11.3. The van der Waals surface area contributed by atoms with E-state index in [1.165, 1.54) is 31.2 Å². The Morgan fingerprint density at radius 1 is 1.08 bits per heavy atom. The summed E-state index contributed by atoms with van der Waals surface area (Å²) >= 11 is 0. The Hall–Kier alpha value is -3.34. The quantitative estimate of drug-likeness (QED) is 0.680. The minimum atomic E-state index is -1.72. The number of nitriles is 1. The molecule has 128 valence electrons. The molecule has 0 aliphatic heterocycles. The summed E-state index contributed by atoms with van der Waals surface area (Å²) in [4.78, 5) is 23.8. The van der Waals surface area contributed by atoms with Gasteiger partial charge in [-0.15, -0.1) is 0 Å². The molecule has 8 heteroatoms. The molecule has 0 saturated carbocycles. The zero-order valence-electron chi connectivity index (χ0n) is 12.8. The molecule has 0 aliphatic carbocycles. The van der Waals surface area contributed by atoms with Crippen molar-refractivity contribution in [2.24, 2.45) is 0 Å². The molecule has 0 heterocycles. The van der Waals surface area contributed by atoms with E-state index >= 15 is 0 Å². The number of hydrogen-bond donors (Lipinski definition) is 1. The molecule has 1 amide bonds. The Kier molecular flexibility index (Phi) is 5.39. The van der Waals surface area contributed by atoms with Gasteiger partial charge in [0.1, 0.15) is 0 Å². The molecule has 0 aromatic heterocycles. The predicted molar refractivity (Wildman–Crippen MR) is 81.0 cm³/mol. The molecule has 5 nitrogen and oxygen atoms in total. The second-order valence-electron chi connectivity index (χ2n) is 4.95. The van der Waals surface area contributed by atoms with Gasteiger partial charge in [0.05, 0.1) is 22.9 Å². The van der Waals surface area contributed by atoms with Crippen molar-refractivity contribution in [3.8, 4) is 6.07 Å². The number of esters is 1. The van der Waals surface area contributed by atoms with Crippen LogP contribution in [0.3, 0.4) is 0 Å². The lowest BCUT2D eigenvalue weighted by molar-refractivity contribution is -0.123. The van der Waals surface area contributed by atoms with Crippen LogP contribution in [0, 0.1) is 28.8 Å². The molecule has 0 radical (unpaired) electrons. The monoisotopic (exact) mass is 348 g/mol. The summed E-state index contributed by atoms with van der Waals surface area (Å²) < 4.78 is 44.4. The van der Waals surface area contributed by atoms with Crippen molar-refractivity contribution in [3.05, 3.63) is 65.0 Å². The van der Waals surface area contributed by atoms with Crippen LogP contribution in [0.4, 0.5) is 18.9 Å². The summed E-state index contributed by atoms with van der Waals surface area (Å²) in [5.74, 6) is -6.43. The number of nitrogens with one attached hydrogen (secondary N) is 1. The van der Waals surface area contributed by atoms with Gasteiger partial charge in [-0.25, -0.2) is 18.0 Å². The zero-order chi connectivity index (χ0) is 18.6. The predicted octanol–water partition coefficient (Wildman–Crippen LogP) is 3.16. The summed E-state index contributed by atoms with van der Waals surface area (Å²) in [5.41, 5.74) is -0.126. The first-order chi connectivity index (χ1) is 11.8. The van der Waals surface area contributed by atoms with Gasteiger partial charge in [0.25, 0.3) is 5.91 Å². The molecular formula is C17H11F3N2O3. The van der Waals surface area contributed by atoms with Crippen molar-refractivity contribution in [2.45, 2.75) is 13.0 Å². The highest BCUT2D eigenvalue weighted by atomic mass is 19.2. The molecule has 2 aromatic carbocycles. The van der Waals surface area contributed by atoms with Crippen LogP contribution < -0.4 is 5.32 Å². The van der Waals surface area contributed by atoms with E-state index in [9.17, 15) is 22.8 Å². The van der Waals surface area contributed by atoms with Crippen LogP contribution in [0.15, 0.2) is 36.4 Å². The van der Waals surface area contributed by atoms with Crippen LogP contribution in [0.5, 0.6) is 0 Å². The highest BCUT2D eigenvalue weighted by Crippen LogP contribution is 2.20. The summed E-state index contributed by atoms with van der Waals surface area (Å²) in [6.07, 6.45) is -1.32. The van der Waals surface area contributed by atoms with Gasteiger partial charge in [-0.05, 0) is 43.3 Å². The highest BCUT2D eigenvalue weighted by molar-refractivity contribution is 5.97. The van der Waals surface area contributed by atoms with E-state index in [1.54, 1.807) is 0 Å². The first-order valence-electron chi connectivity index (χ1n) is 6.99. The van der Waals surface area contributed by atoms with Crippen LogP contribution in [0.25, 0.3) is 0 Å². The summed E-state index contributed by atoms with van der Waals surface area (Å²) in [6.45, 7) is 1.23. The molecular weight excluding hydrogens is 337 g/mol. The molecule has 0 aliphatic rings. The molecule has 1 atom stereocenters. The second-order valence-corrected chi connectivity index (χ2v) is 4.95. The van der Waals surface area contributed by atoms with Crippen LogP contribution in [-0.2, 0) is 9.53 Å². The fourth-order valence-electron chi connectivity index (χ4n) is 1.82. The number of hydrogen-bond acceptors (Lipinski definition) is 4. The molecule has 0 saturated heterocycles. The molecule has 0 unspecified atom stereocenters. The maximum absolute atomic E-state index is 13.5. The van der Waals surface area contributed by atoms with Crippen LogP contribution in [0.1, 0.15) is 22.8 Å². The number of halogens is 3. The van der Waals surface area contributed by atoms with Crippen LogP contribution in [-0.4, -0.2) is 18.0 Å². The number of rotatable bonds is 4. The van der Waals surface area contributed by atoms with Crippen molar-refractivity contribution >= 4 is 17.6 Å². The maximum atomic E-state index is 13.5. The van der Waals surface area contributed by atoms with Crippen LogP contribution in [0.2, 0.25) is 0 Å². The third kappa shape index (κ3) is 4.14. The number of benzene rings is 2. The number of nitrogens with zero attached hydrogens (tertiary/aromatic N) is 1. The van der Waals surface area contributed by atoms with Gasteiger partial charge in [0.2, 0.25) is 0 Å². The van der Waals surface area contributed by atoms with E-state index < -0.39 is 41.1 Å². The van der Waals surface area contributed by atoms with Crippen molar-refractivity contribution in [3.63, 3.8) is 0 Å². The van der Waals surface area contributed by atoms with Crippen molar-refractivity contribution in [2.75, 3.05) is 5.32 Å². The van der Waals surface area contributed by atoms with Gasteiger partial charge in [0.15, 0.2) is 23.6 Å². The molecule has 0 spiro atoms. The number of amides is 1. The van der Waals surface area contributed by atoms with Crippen LogP contribution >= 0.6 is 0 Å². The van der Waals surface area contributed by atoms with E-state index in [0.717, 1.165) is 6.07 Å². The van der Waals surface area contributed by atoms with Gasteiger partial charge in [0, 0.05) is 0 Å². The largest absolute Gasteiger partial charge is 0.449 e. The van der Waals surface area contributed by atoms with Gasteiger partial charge < -0.3 is 10.1 Å². The molecule has 25 heavy (non-hydrogen) atoms. The molecule has 1 N–H and O–H groups in total. The lowest BCUT2D eigenvalue weighted by atomic mass is 10.1. The number of carbonyl (C=O) groups excluding carboxylic acids is 2. The standard InChI is InChI=1S/C17H11F3N2O3/c1-9(25-17(24)11-4-2-10(8-21)3-5-11)16(23)22-13-7-6-12(18)14(19)15(13)20/h2-7,9H,1H3,(H,22,23)/t9-/m0/s1. The Balaban J connectivity index is 2.03. The summed E-state index contributed by atoms with van der Waals surface area (Å²) in [6, 6.07) is 8.88. The SMILES string of the molecule is C[C@H](OC(=O)c1ccc(C#N)cc1)C(=O)Nc1ccc(F)c(F)c1F. The molecule has 2 rings (SSSR count). The molecule has 0 fully saturated rings. The lowest BCUT2D eigenvalue weighted by Gasteiger charge is -2.14. The Labute approximate surface area is 140 Å². The average Bonchev–Trinajstić information content (AvgIpc) is 2.62. The second kappa shape index (κ2) is 7.49. The summed E-state index contributed by atoms with van der Waals surface area (Å²) in [7, 11) is 0. The maximum Gasteiger partial charge on any atom is 0.338 e. The van der Waals surface area contributed by atoms with E-state index in [4.69, 9.17) is 10.00 Å². The van der Waals surface area contributed by atoms with E-state index in [2.05, 4.69) is 0 Å². The smallest absolute Gasteiger partial charge is 0.338 e. The minimum absolute atomic E-state index is 0.109. The number of carbonyl (C=O) groups is 2.